The van der Waals surface area contributed by atoms with Gasteiger partial charge in [0.2, 0.25) is 0 Å². The van der Waals surface area contributed by atoms with Crippen LogP contribution in [0.3, 0.4) is 0 Å². The van der Waals surface area contributed by atoms with Crippen LogP contribution in [0.4, 0.5) is 0 Å². The van der Waals surface area contributed by atoms with Gasteiger partial charge in [0.05, 0.1) is 0 Å². The molecule has 0 aliphatic rings. The molecule has 0 amide bonds. The third-order valence-corrected chi connectivity index (χ3v) is 0. The normalized spacial score (nSPS) is 7.23. The molecule has 0 saturated heterocycles. The Morgan fingerprint density at radius 2 is 0.769 bits per heavy atom. The Morgan fingerprint density at radius 1 is 0.769 bits per heavy atom. The summed E-state index contributed by atoms with van der Waals surface area (Å²) in [7, 11) is -5.78. The molecule has 0 rings (SSSR count). The molecule has 0 saturated carbocycles. The van der Waals surface area contributed by atoms with Crippen LogP contribution in [-0.4, -0.2) is 33.6 Å². The molecular weight excluding hydrogens is 216 g/mol. The Kier molecular flexibility index (Phi) is 31.0. The molecule has 0 aromatic heterocycles. The minimum absolute atomic E-state index is 1.16. The second kappa shape index (κ2) is 17.6. The van der Waals surface area contributed by atoms with Gasteiger partial charge >= 0.3 is 10.6 Å². The minimum Gasteiger partial charge on any atom is -0.229 e. The topological polar surface area (TPSA) is 85.3 Å². The van der Waals surface area contributed by atoms with Crippen molar-refractivity contribution in [2.75, 3.05) is 12.5 Å². The van der Waals surface area contributed by atoms with E-state index in [4.69, 9.17) is 12.6 Å². The summed E-state index contributed by atoms with van der Waals surface area (Å²) in [6.45, 7) is 8.00. The lowest BCUT2D eigenvalue weighted by atomic mass is 11.0. The van der Waals surface area contributed by atoms with Crippen molar-refractivity contribution >= 4 is 20.4 Å². The van der Waals surface area contributed by atoms with E-state index in [1.54, 1.807) is 0 Å². The van der Waals surface area contributed by atoms with E-state index in [0.29, 0.717) is 0 Å². The first kappa shape index (κ1) is 22.9. The molecule has 0 unspecified atom stereocenters. The van der Waals surface area contributed by atoms with Gasteiger partial charge in [-0.3, -0.25) is 0 Å². The molecule has 0 heterocycles. The summed E-state index contributed by atoms with van der Waals surface area (Å²) in [5.74, 6) is 0. The van der Waals surface area contributed by atoms with E-state index in [9.17, 15) is 8.42 Å². The SMILES string of the molecule is CC.CC.CS(C)(=O)=O.O=S(=O)=O. The fourth-order valence-corrected chi connectivity index (χ4v) is 0. The molecule has 5 nitrogen and oxygen atoms in total. The fourth-order valence-electron chi connectivity index (χ4n) is 0. The third-order valence-electron chi connectivity index (χ3n) is 0. The highest BCUT2D eigenvalue weighted by Gasteiger charge is 1.79. The second-order valence-electron chi connectivity index (χ2n) is 1.35. The second-order valence-corrected chi connectivity index (χ2v) is 4.04. The molecule has 13 heavy (non-hydrogen) atoms. The van der Waals surface area contributed by atoms with Gasteiger partial charge in [-0.05, 0) is 0 Å². The lowest BCUT2D eigenvalue weighted by Crippen LogP contribution is -1.86. The molecule has 0 atom stereocenters. The average molecular weight is 234 g/mol. The highest BCUT2D eigenvalue weighted by molar-refractivity contribution is 7.89. The molecule has 0 aliphatic heterocycles. The molecule has 0 aliphatic carbocycles. The van der Waals surface area contributed by atoms with Crippen LogP contribution in [0.2, 0.25) is 0 Å². The van der Waals surface area contributed by atoms with Crippen LogP contribution in [0.25, 0.3) is 0 Å². The van der Waals surface area contributed by atoms with E-state index in [-0.39, 0.29) is 0 Å². The summed E-state index contributed by atoms with van der Waals surface area (Å²) in [6, 6.07) is 0. The van der Waals surface area contributed by atoms with Gasteiger partial charge in [-0.2, -0.15) is 0 Å². The maximum Gasteiger partial charge on any atom is 0.425 e. The predicted octanol–water partition coefficient (Wildman–Crippen LogP) is 0.709. The van der Waals surface area contributed by atoms with E-state index in [1.165, 1.54) is 0 Å². The summed E-state index contributed by atoms with van der Waals surface area (Å²) < 4.78 is 44.6. The van der Waals surface area contributed by atoms with Gasteiger partial charge in [0.1, 0.15) is 9.84 Å². The van der Waals surface area contributed by atoms with Gasteiger partial charge in [0, 0.05) is 12.5 Å². The van der Waals surface area contributed by atoms with Crippen LogP contribution in [0.1, 0.15) is 27.7 Å². The van der Waals surface area contributed by atoms with Crippen LogP contribution < -0.4 is 0 Å². The predicted molar refractivity (Wildman–Crippen MR) is 53.2 cm³/mol. The lowest BCUT2D eigenvalue weighted by molar-refractivity contribution is 0.559. The first-order valence-corrected chi connectivity index (χ1v) is 6.95. The Bertz CT molecular complexity index is 232. The van der Waals surface area contributed by atoms with E-state index in [2.05, 4.69) is 0 Å². The van der Waals surface area contributed by atoms with Gasteiger partial charge in [-0.25, -0.2) is 8.42 Å². The molecule has 0 aromatic rings. The number of rotatable bonds is 0. The fraction of sp³-hybridized carbons (Fsp3) is 1.00. The molecule has 0 fully saturated rings. The lowest BCUT2D eigenvalue weighted by Gasteiger charge is -1.69. The van der Waals surface area contributed by atoms with Crippen LogP contribution >= 0.6 is 0 Å². The van der Waals surface area contributed by atoms with Crippen LogP contribution in [0.5, 0.6) is 0 Å². The third kappa shape index (κ3) is 5730. The van der Waals surface area contributed by atoms with E-state index in [1.807, 2.05) is 27.7 Å². The van der Waals surface area contributed by atoms with Gasteiger partial charge in [-0.15, -0.1) is 12.6 Å². The zero-order valence-corrected chi connectivity index (χ0v) is 10.5. The maximum absolute atomic E-state index is 9.63. The standard InChI is InChI=1S/C2H6O2S.2C2H6.O3S/c1-5(2,3)4;2*1-2;1-4(2)3/h1-2H3;2*1-2H3;. The molecular formula is C6H18O5S2. The summed E-state index contributed by atoms with van der Waals surface area (Å²) in [4.78, 5) is 0. The van der Waals surface area contributed by atoms with Gasteiger partial charge in [0.25, 0.3) is 0 Å². The van der Waals surface area contributed by atoms with Crippen molar-refractivity contribution < 1.29 is 21.0 Å². The molecule has 0 radical (unpaired) electrons. The minimum atomic E-state index is -3.11. The summed E-state index contributed by atoms with van der Waals surface area (Å²) in [5, 5.41) is 0. The van der Waals surface area contributed by atoms with E-state index < -0.39 is 20.4 Å². The highest BCUT2D eigenvalue weighted by Crippen LogP contribution is 1.61. The van der Waals surface area contributed by atoms with Crippen LogP contribution in [0, 0.1) is 0 Å². The monoisotopic (exact) mass is 234 g/mol. The molecule has 0 N–H and O–H groups in total. The number of hydrogen-bond acceptors (Lipinski definition) is 5. The van der Waals surface area contributed by atoms with Crippen molar-refractivity contribution in [1.29, 1.82) is 0 Å². The van der Waals surface area contributed by atoms with Gasteiger partial charge < -0.3 is 0 Å². The number of hydrogen-bond donors (Lipinski definition) is 0. The van der Waals surface area contributed by atoms with Crippen molar-refractivity contribution in [2.24, 2.45) is 0 Å². The highest BCUT2D eigenvalue weighted by atomic mass is 32.2. The quantitative estimate of drug-likeness (QED) is 0.616. The van der Waals surface area contributed by atoms with Crippen molar-refractivity contribution in [1.82, 2.24) is 0 Å². The molecule has 0 bridgehead atoms. The Labute approximate surface area is 82.1 Å². The van der Waals surface area contributed by atoms with Crippen molar-refractivity contribution in [3.05, 3.63) is 0 Å². The largest absolute Gasteiger partial charge is 0.425 e. The average Bonchev–Trinajstić information content (AvgIpc) is 1.90. The van der Waals surface area contributed by atoms with Gasteiger partial charge in [0.15, 0.2) is 0 Å². The van der Waals surface area contributed by atoms with Crippen molar-refractivity contribution in [3.63, 3.8) is 0 Å². The molecule has 84 valence electrons. The first-order chi connectivity index (χ1) is 5.73. The van der Waals surface area contributed by atoms with Crippen molar-refractivity contribution in [2.45, 2.75) is 27.7 Å². The summed E-state index contributed by atoms with van der Waals surface area (Å²) >= 11 is 0. The summed E-state index contributed by atoms with van der Waals surface area (Å²) in [5.41, 5.74) is 0. The zero-order valence-electron chi connectivity index (χ0n) is 8.86. The van der Waals surface area contributed by atoms with Crippen LogP contribution in [0.15, 0.2) is 0 Å². The zero-order chi connectivity index (χ0) is 12.1. The Balaban J connectivity index is -0.0000000457. The molecule has 7 heteroatoms. The Hall–Kier alpha value is -0.430. The van der Waals surface area contributed by atoms with Gasteiger partial charge in [-0.1, -0.05) is 27.7 Å². The van der Waals surface area contributed by atoms with Crippen molar-refractivity contribution in [3.8, 4) is 0 Å². The van der Waals surface area contributed by atoms with Crippen LogP contribution in [-0.2, 0) is 20.4 Å². The Morgan fingerprint density at radius 3 is 0.769 bits per heavy atom. The first-order valence-electron chi connectivity index (χ1n) is 3.65. The maximum atomic E-state index is 9.63. The smallest absolute Gasteiger partial charge is 0.229 e. The molecule has 0 aromatic carbocycles. The van der Waals surface area contributed by atoms with E-state index in [0.717, 1.165) is 12.5 Å². The molecule has 0 spiro atoms. The van der Waals surface area contributed by atoms with E-state index >= 15 is 0 Å². The number of sulfone groups is 1. The summed E-state index contributed by atoms with van der Waals surface area (Å²) in [6.07, 6.45) is 2.32.